The van der Waals surface area contributed by atoms with E-state index >= 15 is 0 Å². The van der Waals surface area contributed by atoms with Crippen LogP contribution in [0.3, 0.4) is 0 Å². The van der Waals surface area contributed by atoms with E-state index in [4.69, 9.17) is 5.73 Å². The fourth-order valence-corrected chi connectivity index (χ4v) is 1.18. The molecule has 3 nitrogen and oxygen atoms in total. The number of halogens is 4. The third-order valence-electron chi connectivity index (χ3n) is 1.94. The third-order valence-corrected chi connectivity index (χ3v) is 1.94. The summed E-state index contributed by atoms with van der Waals surface area (Å²) in [5, 5.41) is 2.12. The molecule has 1 aromatic rings. The van der Waals surface area contributed by atoms with Gasteiger partial charge < -0.3 is 11.1 Å². The molecule has 0 bridgehead atoms. The lowest BCUT2D eigenvalue weighted by Gasteiger charge is -2.11. The molecule has 0 saturated heterocycles. The van der Waals surface area contributed by atoms with Crippen molar-refractivity contribution in [3.05, 3.63) is 28.8 Å². The molecular formula is C10H10F4N2O. The number of amides is 1. The summed E-state index contributed by atoms with van der Waals surface area (Å²) in [6, 6.07) is -0.440. The van der Waals surface area contributed by atoms with Crippen molar-refractivity contribution in [1.29, 1.82) is 0 Å². The van der Waals surface area contributed by atoms with Crippen LogP contribution in [0.25, 0.3) is 0 Å². The molecule has 17 heavy (non-hydrogen) atoms. The Hall–Kier alpha value is -1.79. The maximum atomic E-state index is 13.3. The Morgan fingerprint density at radius 3 is 1.82 bits per heavy atom. The van der Waals surface area contributed by atoms with Crippen LogP contribution >= 0.6 is 0 Å². The van der Waals surface area contributed by atoms with Crippen LogP contribution in [0.1, 0.15) is 24.2 Å². The number of carbonyl (C=O) groups excluding carboxylic acids is 1. The normalized spacial score (nSPS) is 10.8. The lowest BCUT2D eigenvalue weighted by molar-refractivity contribution is 0.0932. The second-order valence-electron chi connectivity index (χ2n) is 3.67. The van der Waals surface area contributed by atoms with Crippen LogP contribution in [0.15, 0.2) is 0 Å². The van der Waals surface area contributed by atoms with Crippen molar-refractivity contribution in [3.63, 3.8) is 0 Å². The fraction of sp³-hybridized carbons (Fsp3) is 0.300. The number of hydrogen-bond acceptors (Lipinski definition) is 2. The van der Waals surface area contributed by atoms with Gasteiger partial charge in [0.15, 0.2) is 23.3 Å². The number of nitrogen functional groups attached to an aromatic ring is 1. The van der Waals surface area contributed by atoms with Gasteiger partial charge in [-0.1, -0.05) is 0 Å². The van der Waals surface area contributed by atoms with Gasteiger partial charge in [0.1, 0.15) is 11.3 Å². The first-order valence-corrected chi connectivity index (χ1v) is 4.69. The molecule has 0 aliphatic rings. The molecule has 0 spiro atoms. The molecule has 7 heteroatoms. The van der Waals surface area contributed by atoms with E-state index in [1.807, 2.05) is 0 Å². The molecule has 3 N–H and O–H groups in total. The van der Waals surface area contributed by atoms with Crippen molar-refractivity contribution in [2.75, 3.05) is 5.73 Å². The Bertz CT molecular complexity index is 445. The van der Waals surface area contributed by atoms with Crippen LogP contribution in [-0.4, -0.2) is 11.9 Å². The highest BCUT2D eigenvalue weighted by Gasteiger charge is 2.28. The smallest absolute Gasteiger partial charge is 0.257 e. The van der Waals surface area contributed by atoms with E-state index in [1.165, 1.54) is 13.8 Å². The summed E-state index contributed by atoms with van der Waals surface area (Å²) in [7, 11) is 0. The van der Waals surface area contributed by atoms with Crippen molar-refractivity contribution in [2.45, 2.75) is 19.9 Å². The summed E-state index contributed by atoms with van der Waals surface area (Å²) in [6.45, 7) is 3.05. The highest BCUT2D eigenvalue weighted by molar-refractivity contribution is 5.95. The molecular weight excluding hydrogens is 240 g/mol. The summed E-state index contributed by atoms with van der Waals surface area (Å²) in [5.74, 6) is -8.41. The maximum Gasteiger partial charge on any atom is 0.257 e. The molecule has 0 unspecified atom stereocenters. The first kappa shape index (κ1) is 13.3. The zero-order chi connectivity index (χ0) is 13.3. The second-order valence-corrected chi connectivity index (χ2v) is 3.67. The first-order chi connectivity index (χ1) is 7.77. The molecule has 0 heterocycles. The van der Waals surface area contributed by atoms with Crippen molar-refractivity contribution < 1.29 is 22.4 Å². The minimum atomic E-state index is -1.81. The molecule has 0 fully saturated rings. The quantitative estimate of drug-likeness (QED) is 0.479. The SMILES string of the molecule is CC(C)NC(=O)c1c(F)c(F)c(N)c(F)c1F. The molecule has 1 rings (SSSR count). The molecule has 0 radical (unpaired) electrons. The van der Waals surface area contributed by atoms with E-state index in [0.29, 0.717) is 0 Å². The van der Waals surface area contributed by atoms with Crippen LogP contribution in [0.4, 0.5) is 23.2 Å². The number of nitrogens with one attached hydrogen (secondary N) is 1. The lowest BCUT2D eigenvalue weighted by Crippen LogP contribution is -2.32. The summed E-state index contributed by atoms with van der Waals surface area (Å²) >= 11 is 0. The highest BCUT2D eigenvalue weighted by Crippen LogP contribution is 2.25. The van der Waals surface area contributed by atoms with Gasteiger partial charge >= 0.3 is 0 Å². The number of carbonyl (C=O) groups is 1. The van der Waals surface area contributed by atoms with Gasteiger partial charge in [0.2, 0.25) is 0 Å². The standard InChI is InChI=1S/C10H10F4N2O/c1-3(2)16-10(17)4-5(11)7(13)9(15)8(14)6(4)12/h3H,15H2,1-2H3,(H,16,17). The van der Waals surface area contributed by atoms with Crippen molar-refractivity contribution in [2.24, 2.45) is 0 Å². The third kappa shape index (κ3) is 2.32. The molecule has 94 valence electrons. The first-order valence-electron chi connectivity index (χ1n) is 4.69. The number of anilines is 1. The Balaban J connectivity index is 3.39. The summed E-state index contributed by atoms with van der Waals surface area (Å²) in [5.41, 5.74) is 2.18. The monoisotopic (exact) mass is 250 g/mol. The highest BCUT2D eigenvalue weighted by atomic mass is 19.2. The van der Waals surface area contributed by atoms with Gasteiger partial charge in [-0.05, 0) is 13.8 Å². The van der Waals surface area contributed by atoms with Gasteiger partial charge in [-0.25, -0.2) is 17.6 Å². The Labute approximate surface area is 94.6 Å². The molecule has 1 aromatic carbocycles. The molecule has 0 atom stereocenters. The zero-order valence-corrected chi connectivity index (χ0v) is 9.07. The van der Waals surface area contributed by atoms with Gasteiger partial charge in [-0.15, -0.1) is 0 Å². The van der Waals surface area contributed by atoms with Crippen LogP contribution in [0.2, 0.25) is 0 Å². The molecule has 1 amide bonds. The Morgan fingerprint density at radius 1 is 1.06 bits per heavy atom. The fourth-order valence-electron chi connectivity index (χ4n) is 1.18. The Kier molecular flexibility index (Phi) is 3.59. The Morgan fingerprint density at radius 2 is 1.47 bits per heavy atom. The summed E-state index contributed by atoms with van der Waals surface area (Å²) in [6.07, 6.45) is 0. The predicted octanol–water partition coefficient (Wildman–Crippen LogP) is 1.96. The summed E-state index contributed by atoms with van der Waals surface area (Å²) in [4.78, 5) is 11.3. The number of rotatable bonds is 2. The number of nitrogens with two attached hydrogens (primary N) is 1. The number of hydrogen-bond donors (Lipinski definition) is 2. The minimum absolute atomic E-state index is 0.440. The van der Waals surface area contributed by atoms with E-state index in [1.54, 1.807) is 0 Å². The average Bonchev–Trinajstić information content (AvgIpc) is 2.23. The van der Waals surface area contributed by atoms with Crippen LogP contribution in [-0.2, 0) is 0 Å². The van der Waals surface area contributed by atoms with Gasteiger partial charge in [-0.2, -0.15) is 0 Å². The van der Waals surface area contributed by atoms with E-state index in [-0.39, 0.29) is 0 Å². The van der Waals surface area contributed by atoms with E-state index < -0.39 is 46.5 Å². The van der Waals surface area contributed by atoms with Gasteiger partial charge in [-0.3, -0.25) is 4.79 Å². The number of benzene rings is 1. The second kappa shape index (κ2) is 4.60. The topological polar surface area (TPSA) is 55.1 Å². The average molecular weight is 250 g/mol. The molecule has 0 saturated carbocycles. The predicted molar refractivity (Wildman–Crippen MR) is 53.3 cm³/mol. The molecule has 0 aromatic heterocycles. The van der Waals surface area contributed by atoms with Crippen molar-refractivity contribution in [1.82, 2.24) is 5.32 Å². The van der Waals surface area contributed by atoms with E-state index in [2.05, 4.69) is 5.32 Å². The van der Waals surface area contributed by atoms with Gasteiger partial charge in [0.25, 0.3) is 5.91 Å². The largest absolute Gasteiger partial charge is 0.394 e. The van der Waals surface area contributed by atoms with E-state index in [0.717, 1.165) is 0 Å². The van der Waals surface area contributed by atoms with E-state index in [9.17, 15) is 22.4 Å². The zero-order valence-electron chi connectivity index (χ0n) is 9.07. The van der Waals surface area contributed by atoms with Gasteiger partial charge in [0, 0.05) is 6.04 Å². The molecule has 0 aliphatic heterocycles. The summed E-state index contributed by atoms with van der Waals surface area (Å²) < 4.78 is 52.6. The van der Waals surface area contributed by atoms with Gasteiger partial charge in [0.05, 0.1) is 0 Å². The van der Waals surface area contributed by atoms with Crippen molar-refractivity contribution in [3.8, 4) is 0 Å². The lowest BCUT2D eigenvalue weighted by atomic mass is 10.1. The minimum Gasteiger partial charge on any atom is -0.394 e. The van der Waals surface area contributed by atoms with Crippen LogP contribution in [0.5, 0.6) is 0 Å². The van der Waals surface area contributed by atoms with Crippen LogP contribution in [0, 0.1) is 23.3 Å². The van der Waals surface area contributed by atoms with Crippen LogP contribution < -0.4 is 11.1 Å². The molecule has 0 aliphatic carbocycles. The maximum absolute atomic E-state index is 13.3. The van der Waals surface area contributed by atoms with Crippen molar-refractivity contribution >= 4 is 11.6 Å².